The Kier molecular flexibility index (Phi) is 3.96. The van der Waals surface area contributed by atoms with Crippen molar-refractivity contribution in [2.24, 2.45) is 5.73 Å². The lowest BCUT2D eigenvalue weighted by molar-refractivity contribution is 0.459. The van der Waals surface area contributed by atoms with Gasteiger partial charge in [-0.05, 0) is 43.5 Å². The molecular formula is C11H16BrNO. The van der Waals surface area contributed by atoms with Gasteiger partial charge in [-0.2, -0.15) is 0 Å². The van der Waals surface area contributed by atoms with Crippen molar-refractivity contribution in [1.82, 2.24) is 0 Å². The molecule has 0 saturated heterocycles. The number of benzene rings is 1. The van der Waals surface area contributed by atoms with Gasteiger partial charge in [0.1, 0.15) is 5.75 Å². The molecule has 0 heterocycles. The van der Waals surface area contributed by atoms with Crippen LogP contribution < -0.4 is 5.73 Å². The van der Waals surface area contributed by atoms with Crippen LogP contribution in [0.15, 0.2) is 16.6 Å². The molecule has 0 saturated carbocycles. The van der Waals surface area contributed by atoms with Gasteiger partial charge in [0.05, 0.1) is 0 Å². The molecule has 3 N–H and O–H groups in total. The maximum absolute atomic E-state index is 9.80. The summed E-state index contributed by atoms with van der Waals surface area (Å²) in [4.78, 5) is 0. The summed E-state index contributed by atoms with van der Waals surface area (Å²) in [5, 5.41) is 9.80. The topological polar surface area (TPSA) is 46.2 Å². The molecule has 0 amide bonds. The molecule has 0 fully saturated rings. The fourth-order valence-electron chi connectivity index (χ4n) is 1.62. The van der Waals surface area contributed by atoms with E-state index in [1.807, 2.05) is 13.0 Å². The zero-order valence-corrected chi connectivity index (χ0v) is 10.1. The Bertz CT molecular complexity index is 302. The number of nitrogens with two attached hydrogens (primary N) is 1. The van der Waals surface area contributed by atoms with Crippen LogP contribution in [-0.2, 0) is 0 Å². The van der Waals surface area contributed by atoms with E-state index >= 15 is 0 Å². The summed E-state index contributed by atoms with van der Waals surface area (Å²) in [5.41, 5.74) is 7.51. The zero-order valence-electron chi connectivity index (χ0n) is 8.55. The summed E-state index contributed by atoms with van der Waals surface area (Å²) in [7, 11) is 0. The third-order valence-corrected chi connectivity index (χ3v) is 3.00. The van der Waals surface area contributed by atoms with Gasteiger partial charge in [0.15, 0.2) is 0 Å². The van der Waals surface area contributed by atoms with E-state index in [0.29, 0.717) is 12.3 Å². The first-order valence-corrected chi connectivity index (χ1v) is 5.54. The fourth-order valence-corrected chi connectivity index (χ4v) is 2.57. The monoisotopic (exact) mass is 257 g/mol. The van der Waals surface area contributed by atoms with Gasteiger partial charge in [0.25, 0.3) is 0 Å². The van der Waals surface area contributed by atoms with E-state index < -0.39 is 0 Å². The molecule has 78 valence electrons. The van der Waals surface area contributed by atoms with Crippen molar-refractivity contribution >= 4 is 15.9 Å². The van der Waals surface area contributed by atoms with Gasteiger partial charge < -0.3 is 10.8 Å². The van der Waals surface area contributed by atoms with Crippen LogP contribution in [0.25, 0.3) is 0 Å². The highest BCUT2D eigenvalue weighted by atomic mass is 79.9. The van der Waals surface area contributed by atoms with E-state index in [-0.39, 0.29) is 5.92 Å². The van der Waals surface area contributed by atoms with Crippen molar-refractivity contribution in [2.75, 3.05) is 6.54 Å². The van der Waals surface area contributed by atoms with Gasteiger partial charge in [-0.3, -0.25) is 0 Å². The van der Waals surface area contributed by atoms with E-state index in [0.717, 1.165) is 22.0 Å². The second kappa shape index (κ2) is 4.80. The molecule has 1 aromatic rings. The Morgan fingerprint density at radius 1 is 1.50 bits per heavy atom. The molecule has 0 aromatic heterocycles. The molecule has 0 aliphatic rings. The van der Waals surface area contributed by atoms with Gasteiger partial charge >= 0.3 is 0 Å². The van der Waals surface area contributed by atoms with E-state index in [1.54, 1.807) is 6.07 Å². The lowest BCUT2D eigenvalue weighted by Gasteiger charge is -2.15. The third-order valence-electron chi connectivity index (χ3n) is 2.34. The highest BCUT2D eigenvalue weighted by Crippen LogP contribution is 2.35. The van der Waals surface area contributed by atoms with Gasteiger partial charge in [0.2, 0.25) is 0 Å². The Labute approximate surface area is 93.3 Å². The highest BCUT2D eigenvalue weighted by molar-refractivity contribution is 9.10. The van der Waals surface area contributed by atoms with Gasteiger partial charge in [0, 0.05) is 10.0 Å². The van der Waals surface area contributed by atoms with Gasteiger partial charge in [-0.25, -0.2) is 0 Å². The van der Waals surface area contributed by atoms with Crippen molar-refractivity contribution < 1.29 is 5.11 Å². The molecule has 1 rings (SSSR count). The van der Waals surface area contributed by atoms with Crippen LogP contribution in [0.3, 0.4) is 0 Å². The van der Waals surface area contributed by atoms with Crippen LogP contribution >= 0.6 is 15.9 Å². The standard InChI is InChI=1S/C11H16BrNO/c1-7-5-9(12)11(10(14)6-7)8(2)3-4-13/h5-6,8,14H,3-4,13H2,1-2H3. The predicted molar refractivity (Wildman–Crippen MR) is 62.6 cm³/mol. The average Bonchev–Trinajstić information content (AvgIpc) is 2.01. The number of aryl methyl sites for hydroxylation is 1. The molecule has 14 heavy (non-hydrogen) atoms. The summed E-state index contributed by atoms with van der Waals surface area (Å²) in [6.07, 6.45) is 0.884. The summed E-state index contributed by atoms with van der Waals surface area (Å²) >= 11 is 3.47. The van der Waals surface area contributed by atoms with Crippen molar-refractivity contribution in [1.29, 1.82) is 0 Å². The summed E-state index contributed by atoms with van der Waals surface area (Å²) in [5.74, 6) is 0.646. The number of phenolic OH excluding ortho intramolecular Hbond substituents is 1. The van der Waals surface area contributed by atoms with Crippen LogP contribution in [0.5, 0.6) is 5.75 Å². The lowest BCUT2D eigenvalue weighted by atomic mass is 9.96. The minimum atomic E-state index is 0.287. The molecule has 0 spiro atoms. The normalized spacial score (nSPS) is 12.9. The number of aromatic hydroxyl groups is 1. The Morgan fingerprint density at radius 2 is 2.14 bits per heavy atom. The van der Waals surface area contributed by atoms with Crippen LogP contribution in [0.2, 0.25) is 0 Å². The quantitative estimate of drug-likeness (QED) is 0.875. The summed E-state index contributed by atoms with van der Waals surface area (Å²) in [6.45, 7) is 4.67. The van der Waals surface area contributed by atoms with E-state index in [9.17, 15) is 5.11 Å². The Balaban J connectivity index is 3.07. The fraction of sp³-hybridized carbons (Fsp3) is 0.455. The maximum Gasteiger partial charge on any atom is 0.120 e. The summed E-state index contributed by atoms with van der Waals surface area (Å²) in [6, 6.07) is 3.80. The molecule has 0 aliphatic heterocycles. The molecule has 0 bridgehead atoms. The Morgan fingerprint density at radius 3 is 2.64 bits per heavy atom. The smallest absolute Gasteiger partial charge is 0.120 e. The average molecular weight is 258 g/mol. The summed E-state index contributed by atoms with van der Waals surface area (Å²) < 4.78 is 0.968. The zero-order chi connectivity index (χ0) is 10.7. The van der Waals surface area contributed by atoms with Crippen LogP contribution in [0.4, 0.5) is 0 Å². The number of halogens is 1. The molecule has 1 atom stereocenters. The first-order valence-electron chi connectivity index (χ1n) is 4.75. The van der Waals surface area contributed by atoms with Crippen molar-refractivity contribution in [2.45, 2.75) is 26.2 Å². The van der Waals surface area contributed by atoms with E-state index in [4.69, 9.17) is 5.73 Å². The molecule has 0 radical (unpaired) electrons. The molecule has 1 aromatic carbocycles. The number of phenols is 1. The molecule has 2 nitrogen and oxygen atoms in total. The number of hydrogen-bond donors (Lipinski definition) is 2. The van der Waals surface area contributed by atoms with Gasteiger partial charge in [-0.1, -0.05) is 22.9 Å². The van der Waals surface area contributed by atoms with Crippen LogP contribution in [0, 0.1) is 6.92 Å². The minimum Gasteiger partial charge on any atom is -0.508 e. The van der Waals surface area contributed by atoms with Gasteiger partial charge in [-0.15, -0.1) is 0 Å². The lowest BCUT2D eigenvalue weighted by Crippen LogP contribution is -2.05. The first-order chi connectivity index (χ1) is 6.56. The number of hydrogen-bond acceptors (Lipinski definition) is 2. The molecule has 3 heteroatoms. The Hall–Kier alpha value is -0.540. The van der Waals surface area contributed by atoms with E-state index in [2.05, 4.69) is 22.9 Å². The van der Waals surface area contributed by atoms with E-state index in [1.165, 1.54) is 0 Å². The van der Waals surface area contributed by atoms with Crippen molar-refractivity contribution in [3.8, 4) is 5.75 Å². The molecular weight excluding hydrogens is 242 g/mol. The molecule has 0 aliphatic carbocycles. The second-order valence-corrected chi connectivity index (χ2v) is 4.51. The number of rotatable bonds is 3. The first kappa shape index (κ1) is 11.5. The van der Waals surface area contributed by atoms with Crippen molar-refractivity contribution in [3.63, 3.8) is 0 Å². The predicted octanol–water partition coefficient (Wildman–Crippen LogP) is 2.92. The van der Waals surface area contributed by atoms with Crippen LogP contribution in [-0.4, -0.2) is 11.7 Å². The highest BCUT2D eigenvalue weighted by Gasteiger charge is 2.13. The van der Waals surface area contributed by atoms with Crippen LogP contribution in [0.1, 0.15) is 30.4 Å². The molecule has 1 unspecified atom stereocenters. The minimum absolute atomic E-state index is 0.287. The largest absolute Gasteiger partial charge is 0.508 e. The third kappa shape index (κ3) is 2.49. The van der Waals surface area contributed by atoms with Crippen molar-refractivity contribution in [3.05, 3.63) is 27.7 Å². The second-order valence-electron chi connectivity index (χ2n) is 3.66. The maximum atomic E-state index is 9.80. The SMILES string of the molecule is Cc1cc(O)c(C(C)CCN)c(Br)c1.